The second kappa shape index (κ2) is 8.39. The Balaban J connectivity index is 1.83. The maximum Gasteiger partial charge on any atom is 0.255 e. The summed E-state index contributed by atoms with van der Waals surface area (Å²) in [5, 5.41) is 13.4. The van der Waals surface area contributed by atoms with Crippen LogP contribution < -0.4 is 10.4 Å². The predicted octanol–water partition coefficient (Wildman–Crippen LogP) is 1.09. The Labute approximate surface area is 170 Å². The first kappa shape index (κ1) is 20.5. The number of benzene rings is 2. The van der Waals surface area contributed by atoms with E-state index in [0.29, 0.717) is 23.4 Å². The lowest BCUT2D eigenvalue weighted by Crippen LogP contribution is -2.40. The Bertz CT molecular complexity index is 1000. The Morgan fingerprint density at radius 3 is 2.25 bits per heavy atom. The summed E-state index contributed by atoms with van der Waals surface area (Å²) in [4.78, 5) is 23.3. The van der Waals surface area contributed by atoms with Crippen LogP contribution in [0.15, 0.2) is 51.8 Å². The highest BCUT2D eigenvalue weighted by molar-refractivity contribution is 9.10. The Morgan fingerprint density at radius 2 is 1.64 bits per heavy atom. The molecule has 1 amide bonds. The minimum atomic E-state index is -3.78. The molecule has 1 saturated heterocycles. The smallest absolute Gasteiger partial charge is 0.255 e. The van der Waals surface area contributed by atoms with Gasteiger partial charge in [0.1, 0.15) is 0 Å². The van der Waals surface area contributed by atoms with Gasteiger partial charge in [-0.3, -0.25) is 4.79 Å². The largest absolute Gasteiger partial charge is 0.545 e. The van der Waals surface area contributed by atoms with Gasteiger partial charge >= 0.3 is 0 Å². The zero-order valence-electron chi connectivity index (χ0n) is 14.6. The summed E-state index contributed by atoms with van der Waals surface area (Å²) >= 11 is 3.24. The van der Waals surface area contributed by atoms with Crippen molar-refractivity contribution in [3.05, 3.63) is 58.1 Å². The fourth-order valence-corrected chi connectivity index (χ4v) is 5.02. The lowest BCUT2D eigenvalue weighted by atomic mass is 10.2. The Hall–Kier alpha value is -2.27. The quantitative estimate of drug-likeness (QED) is 0.703. The molecule has 0 bridgehead atoms. The molecule has 0 aromatic heterocycles. The van der Waals surface area contributed by atoms with Gasteiger partial charge in [0.2, 0.25) is 10.0 Å². The van der Waals surface area contributed by atoms with E-state index in [0.717, 1.165) is 0 Å². The van der Waals surface area contributed by atoms with Crippen LogP contribution in [-0.2, 0) is 14.8 Å². The highest BCUT2D eigenvalue weighted by Gasteiger charge is 2.29. The minimum absolute atomic E-state index is 0.00523. The van der Waals surface area contributed by atoms with Gasteiger partial charge in [0.05, 0.1) is 24.1 Å². The molecule has 3 rings (SSSR count). The fourth-order valence-electron chi connectivity index (χ4n) is 2.66. The van der Waals surface area contributed by atoms with Crippen molar-refractivity contribution in [3.8, 4) is 0 Å². The van der Waals surface area contributed by atoms with Crippen LogP contribution in [0.5, 0.6) is 0 Å². The number of aromatic carboxylic acids is 1. The first-order valence-electron chi connectivity index (χ1n) is 8.29. The molecular weight excluding hydrogens is 452 g/mol. The van der Waals surface area contributed by atoms with E-state index in [1.54, 1.807) is 0 Å². The van der Waals surface area contributed by atoms with Gasteiger partial charge in [0.15, 0.2) is 0 Å². The summed E-state index contributed by atoms with van der Waals surface area (Å²) in [7, 11) is -3.78. The number of carbonyl (C=O) groups excluding carboxylic acids is 2. The highest BCUT2D eigenvalue weighted by atomic mass is 79.9. The van der Waals surface area contributed by atoms with E-state index in [2.05, 4.69) is 21.2 Å². The first-order chi connectivity index (χ1) is 13.3. The second-order valence-corrected chi connectivity index (χ2v) is 8.74. The van der Waals surface area contributed by atoms with Crippen LogP contribution in [0.25, 0.3) is 0 Å². The van der Waals surface area contributed by atoms with Gasteiger partial charge in [-0.1, -0.05) is 12.1 Å². The lowest BCUT2D eigenvalue weighted by Gasteiger charge is -2.26. The van der Waals surface area contributed by atoms with E-state index in [9.17, 15) is 23.1 Å². The molecule has 1 N–H and O–H groups in total. The van der Waals surface area contributed by atoms with Crippen LogP contribution in [0.2, 0.25) is 0 Å². The number of amides is 1. The number of rotatable bonds is 5. The number of carboxylic acids is 1. The van der Waals surface area contributed by atoms with E-state index >= 15 is 0 Å². The number of carbonyl (C=O) groups is 2. The van der Waals surface area contributed by atoms with Crippen LogP contribution in [0.3, 0.4) is 0 Å². The summed E-state index contributed by atoms with van der Waals surface area (Å²) < 4.78 is 32.6. The number of ether oxygens (including phenoxy) is 1. The molecule has 1 aliphatic heterocycles. The van der Waals surface area contributed by atoms with Gasteiger partial charge < -0.3 is 20.0 Å². The van der Waals surface area contributed by atoms with Crippen molar-refractivity contribution in [2.24, 2.45) is 0 Å². The summed E-state index contributed by atoms with van der Waals surface area (Å²) in [5.41, 5.74) is 0.509. The standard InChI is InChI=1S/C18H17BrN2O6S/c19-15-6-3-13(11-16(15)28(25,26)21-7-9-27-10-8-21)17(22)20-14-4-1-12(2-5-14)18(23)24/h1-6,11H,7-10H2,(H,20,22)(H,23,24)/p-1. The highest BCUT2D eigenvalue weighted by Crippen LogP contribution is 2.27. The number of hydrogen-bond donors (Lipinski definition) is 1. The van der Waals surface area contributed by atoms with E-state index in [4.69, 9.17) is 4.74 Å². The average Bonchev–Trinajstić information content (AvgIpc) is 2.69. The van der Waals surface area contributed by atoms with Crippen molar-refractivity contribution in [2.45, 2.75) is 4.90 Å². The van der Waals surface area contributed by atoms with Crippen molar-refractivity contribution in [1.29, 1.82) is 0 Å². The second-order valence-electron chi connectivity index (χ2n) is 5.98. The molecule has 0 aliphatic carbocycles. The van der Waals surface area contributed by atoms with E-state index in [-0.39, 0.29) is 29.1 Å². The number of morpholine rings is 1. The van der Waals surface area contributed by atoms with Gasteiger partial charge in [0.25, 0.3) is 5.91 Å². The third-order valence-electron chi connectivity index (χ3n) is 4.16. The van der Waals surface area contributed by atoms with Gasteiger partial charge in [-0.2, -0.15) is 4.31 Å². The number of sulfonamides is 1. The number of nitrogens with zero attached hydrogens (tertiary/aromatic N) is 1. The van der Waals surface area contributed by atoms with Crippen molar-refractivity contribution in [1.82, 2.24) is 4.31 Å². The maximum absolute atomic E-state index is 12.9. The molecule has 28 heavy (non-hydrogen) atoms. The normalized spacial score (nSPS) is 15.2. The van der Waals surface area contributed by atoms with E-state index in [1.165, 1.54) is 46.8 Å². The van der Waals surface area contributed by atoms with Gasteiger partial charge in [-0.05, 0) is 51.8 Å². The average molecular weight is 468 g/mol. The number of hydrogen-bond acceptors (Lipinski definition) is 6. The third kappa shape index (κ3) is 4.41. The maximum atomic E-state index is 12.9. The molecule has 0 spiro atoms. The molecule has 2 aromatic rings. The minimum Gasteiger partial charge on any atom is -0.545 e. The summed E-state index contributed by atoms with van der Waals surface area (Å²) in [6.45, 7) is 1.13. The Morgan fingerprint density at radius 1 is 1.04 bits per heavy atom. The van der Waals surface area contributed by atoms with Crippen molar-refractivity contribution < 1.29 is 27.9 Å². The van der Waals surface area contributed by atoms with Crippen LogP contribution >= 0.6 is 15.9 Å². The molecular formula is C18H16BrN2O6S-. The zero-order valence-corrected chi connectivity index (χ0v) is 17.0. The van der Waals surface area contributed by atoms with Crippen LogP contribution in [-0.4, -0.2) is 50.9 Å². The van der Waals surface area contributed by atoms with Crippen LogP contribution in [0.4, 0.5) is 5.69 Å². The SMILES string of the molecule is O=C([O-])c1ccc(NC(=O)c2ccc(Br)c(S(=O)(=O)N3CCOCC3)c2)cc1. The summed E-state index contributed by atoms with van der Waals surface area (Å²) in [6, 6.07) is 9.76. The first-order valence-corrected chi connectivity index (χ1v) is 10.5. The molecule has 1 fully saturated rings. The Kier molecular flexibility index (Phi) is 6.14. The topological polar surface area (TPSA) is 116 Å². The van der Waals surface area contributed by atoms with E-state index in [1.807, 2.05) is 0 Å². The predicted molar refractivity (Wildman–Crippen MR) is 102 cm³/mol. The third-order valence-corrected chi connectivity index (χ3v) is 7.05. The summed E-state index contributed by atoms with van der Waals surface area (Å²) in [6.07, 6.45) is 0. The summed E-state index contributed by atoms with van der Waals surface area (Å²) in [5.74, 6) is -1.84. The van der Waals surface area contributed by atoms with Gasteiger partial charge in [0, 0.05) is 28.8 Å². The number of anilines is 1. The molecule has 1 heterocycles. The molecule has 2 aromatic carbocycles. The van der Waals surface area contributed by atoms with Crippen molar-refractivity contribution >= 4 is 43.5 Å². The number of nitrogens with one attached hydrogen (secondary N) is 1. The zero-order chi connectivity index (χ0) is 20.3. The molecule has 8 nitrogen and oxygen atoms in total. The lowest BCUT2D eigenvalue weighted by molar-refractivity contribution is -0.255. The molecule has 0 atom stereocenters. The fraction of sp³-hybridized carbons (Fsp3) is 0.222. The number of carboxylic acid groups (broad SMARTS) is 1. The van der Waals surface area contributed by atoms with Gasteiger partial charge in [-0.15, -0.1) is 0 Å². The van der Waals surface area contributed by atoms with Crippen molar-refractivity contribution in [3.63, 3.8) is 0 Å². The van der Waals surface area contributed by atoms with Gasteiger partial charge in [-0.25, -0.2) is 8.42 Å². The molecule has 10 heteroatoms. The van der Waals surface area contributed by atoms with Crippen molar-refractivity contribution in [2.75, 3.05) is 31.6 Å². The van der Waals surface area contributed by atoms with E-state index < -0.39 is 21.9 Å². The molecule has 0 unspecified atom stereocenters. The number of halogens is 1. The molecule has 148 valence electrons. The molecule has 1 aliphatic rings. The van der Waals surface area contributed by atoms with Crippen LogP contribution in [0.1, 0.15) is 20.7 Å². The molecule has 0 radical (unpaired) electrons. The monoisotopic (exact) mass is 467 g/mol. The van der Waals surface area contributed by atoms with Crippen LogP contribution in [0, 0.1) is 0 Å². The molecule has 0 saturated carbocycles.